The smallest absolute Gasteiger partial charge is 0.261 e. The fourth-order valence-corrected chi connectivity index (χ4v) is 5.34. The monoisotopic (exact) mass is 482 g/mol. The van der Waals surface area contributed by atoms with Gasteiger partial charge >= 0.3 is 0 Å². The number of halogens is 2. The van der Waals surface area contributed by atoms with Gasteiger partial charge in [-0.05, 0) is 63.0 Å². The maximum absolute atomic E-state index is 12.4. The van der Waals surface area contributed by atoms with Crippen molar-refractivity contribution in [1.82, 2.24) is 0 Å². The van der Waals surface area contributed by atoms with Gasteiger partial charge in [0.2, 0.25) is 10.0 Å². The van der Waals surface area contributed by atoms with Gasteiger partial charge in [0.25, 0.3) is 10.0 Å². The Morgan fingerprint density at radius 3 is 1.83 bits per heavy atom. The number of benzene rings is 2. The van der Waals surface area contributed by atoms with Crippen molar-refractivity contribution in [1.29, 1.82) is 0 Å². The first kappa shape index (κ1) is 18.4. The summed E-state index contributed by atoms with van der Waals surface area (Å²) in [6.07, 6.45) is 0. The average molecular weight is 484 g/mol. The molecule has 2 rings (SSSR count). The molecule has 23 heavy (non-hydrogen) atoms. The highest BCUT2D eigenvalue weighted by molar-refractivity contribution is 9.11. The number of anilines is 1. The van der Waals surface area contributed by atoms with E-state index in [9.17, 15) is 16.8 Å². The lowest BCUT2D eigenvalue weighted by Crippen LogP contribution is -2.15. The van der Waals surface area contributed by atoms with Crippen molar-refractivity contribution in [2.75, 3.05) is 4.72 Å². The van der Waals surface area contributed by atoms with E-state index in [2.05, 4.69) is 36.6 Å². The second kappa shape index (κ2) is 6.52. The SMILES string of the molecule is Cc1ccc(S(=O)(=O)Nc2c(Br)cc(S(N)(=O)=O)cc2Br)cc1. The molecule has 0 spiro atoms. The van der Waals surface area contributed by atoms with Gasteiger partial charge in [0, 0.05) is 8.95 Å². The molecule has 0 heterocycles. The van der Waals surface area contributed by atoms with Crippen LogP contribution >= 0.6 is 31.9 Å². The number of aryl methyl sites for hydroxylation is 1. The molecule has 2 aromatic carbocycles. The van der Waals surface area contributed by atoms with Gasteiger partial charge in [-0.3, -0.25) is 4.72 Å². The number of nitrogens with two attached hydrogens (primary N) is 1. The molecule has 10 heteroatoms. The Morgan fingerprint density at radius 1 is 0.913 bits per heavy atom. The summed E-state index contributed by atoms with van der Waals surface area (Å²) in [6, 6.07) is 8.79. The fourth-order valence-electron chi connectivity index (χ4n) is 1.72. The van der Waals surface area contributed by atoms with E-state index >= 15 is 0 Å². The van der Waals surface area contributed by atoms with Gasteiger partial charge in [-0.2, -0.15) is 0 Å². The van der Waals surface area contributed by atoms with Crippen LogP contribution in [0.2, 0.25) is 0 Å². The molecule has 0 aliphatic rings. The maximum Gasteiger partial charge on any atom is 0.261 e. The van der Waals surface area contributed by atoms with Gasteiger partial charge in [-0.1, -0.05) is 17.7 Å². The lowest BCUT2D eigenvalue weighted by Gasteiger charge is -2.13. The van der Waals surface area contributed by atoms with Crippen molar-refractivity contribution in [3.05, 3.63) is 50.9 Å². The molecule has 0 bridgehead atoms. The van der Waals surface area contributed by atoms with Crippen LogP contribution in [-0.2, 0) is 20.0 Å². The number of hydrogen-bond donors (Lipinski definition) is 2. The summed E-state index contributed by atoms with van der Waals surface area (Å²) in [5.41, 5.74) is 1.11. The van der Waals surface area contributed by atoms with Crippen molar-refractivity contribution in [2.45, 2.75) is 16.7 Å². The molecule has 0 aliphatic carbocycles. The van der Waals surface area contributed by atoms with Gasteiger partial charge in [0.05, 0.1) is 15.5 Å². The van der Waals surface area contributed by atoms with Crippen LogP contribution in [0, 0.1) is 6.92 Å². The third-order valence-electron chi connectivity index (χ3n) is 2.91. The van der Waals surface area contributed by atoms with Crippen LogP contribution in [-0.4, -0.2) is 16.8 Å². The van der Waals surface area contributed by atoms with Crippen molar-refractivity contribution >= 4 is 57.6 Å². The van der Waals surface area contributed by atoms with E-state index in [0.717, 1.165) is 5.56 Å². The Labute approximate surface area is 151 Å². The van der Waals surface area contributed by atoms with Crippen molar-refractivity contribution in [3.63, 3.8) is 0 Å². The Kier molecular flexibility index (Phi) is 5.21. The molecule has 0 radical (unpaired) electrons. The number of primary sulfonamides is 1. The molecule has 0 aliphatic heterocycles. The maximum atomic E-state index is 12.4. The van der Waals surface area contributed by atoms with Crippen molar-refractivity contribution in [3.8, 4) is 0 Å². The molecule has 2 aromatic rings. The van der Waals surface area contributed by atoms with E-state index in [0.29, 0.717) is 0 Å². The molecule has 124 valence electrons. The van der Waals surface area contributed by atoms with Crippen LogP contribution in [0.3, 0.4) is 0 Å². The van der Waals surface area contributed by atoms with Gasteiger partial charge in [-0.15, -0.1) is 0 Å². The molecule has 0 fully saturated rings. The van der Waals surface area contributed by atoms with E-state index in [-0.39, 0.29) is 24.4 Å². The van der Waals surface area contributed by atoms with Gasteiger partial charge < -0.3 is 0 Å². The lowest BCUT2D eigenvalue weighted by molar-refractivity contribution is 0.597. The molecule has 0 amide bonds. The van der Waals surface area contributed by atoms with E-state index in [1.165, 1.54) is 24.3 Å². The van der Waals surface area contributed by atoms with E-state index < -0.39 is 20.0 Å². The molecular weight excluding hydrogens is 472 g/mol. The van der Waals surface area contributed by atoms with Crippen molar-refractivity contribution < 1.29 is 16.8 Å². The number of rotatable bonds is 4. The highest BCUT2D eigenvalue weighted by Crippen LogP contribution is 2.35. The van der Waals surface area contributed by atoms with E-state index in [1.54, 1.807) is 12.1 Å². The zero-order chi connectivity index (χ0) is 17.4. The third kappa shape index (κ3) is 4.32. The Morgan fingerprint density at radius 2 is 1.39 bits per heavy atom. The van der Waals surface area contributed by atoms with Crippen molar-refractivity contribution in [2.24, 2.45) is 5.14 Å². The summed E-state index contributed by atoms with van der Waals surface area (Å²) < 4.78 is 50.5. The summed E-state index contributed by atoms with van der Waals surface area (Å²) in [4.78, 5) is -0.0491. The normalized spacial score (nSPS) is 12.2. The fraction of sp³-hybridized carbons (Fsp3) is 0.0769. The largest absolute Gasteiger partial charge is 0.277 e. The van der Waals surface area contributed by atoms with Crippen LogP contribution in [0.5, 0.6) is 0 Å². The van der Waals surface area contributed by atoms with Crippen LogP contribution in [0.25, 0.3) is 0 Å². The molecule has 0 saturated heterocycles. The zero-order valence-electron chi connectivity index (χ0n) is 11.7. The van der Waals surface area contributed by atoms with Crippen LogP contribution in [0.15, 0.2) is 55.1 Å². The van der Waals surface area contributed by atoms with Crippen LogP contribution in [0.4, 0.5) is 5.69 Å². The number of nitrogens with one attached hydrogen (secondary N) is 1. The summed E-state index contributed by atoms with van der Waals surface area (Å²) in [6.45, 7) is 1.85. The number of hydrogen-bond acceptors (Lipinski definition) is 4. The molecule has 0 aromatic heterocycles. The second-order valence-corrected chi connectivity index (χ2v) is 9.68. The standard InChI is InChI=1S/C13H12Br2N2O4S2/c1-8-2-4-9(5-3-8)23(20,21)17-13-11(14)6-10(7-12(13)15)22(16,18)19/h2-7,17H,1H3,(H2,16,18,19). The van der Waals surface area contributed by atoms with Crippen LogP contribution < -0.4 is 9.86 Å². The predicted octanol–water partition coefficient (Wildman–Crippen LogP) is 2.97. The highest BCUT2D eigenvalue weighted by Gasteiger charge is 2.20. The lowest BCUT2D eigenvalue weighted by atomic mass is 10.2. The Balaban J connectivity index is 2.46. The minimum Gasteiger partial charge on any atom is -0.277 e. The summed E-state index contributed by atoms with van der Waals surface area (Å²) in [5, 5.41) is 5.07. The number of sulfonamides is 2. The molecule has 3 N–H and O–H groups in total. The van der Waals surface area contributed by atoms with Gasteiger partial charge in [-0.25, -0.2) is 22.0 Å². The molecule has 0 unspecified atom stereocenters. The second-order valence-electron chi connectivity index (χ2n) is 4.73. The molecular formula is C13H12Br2N2O4S2. The first-order valence-corrected chi connectivity index (χ1v) is 10.7. The molecule has 0 atom stereocenters. The Hall–Kier alpha value is -0.940. The Bertz CT molecular complexity index is 933. The quantitative estimate of drug-likeness (QED) is 0.696. The highest BCUT2D eigenvalue weighted by atomic mass is 79.9. The van der Waals surface area contributed by atoms with Gasteiger partial charge in [0.1, 0.15) is 0 Å². The molecule has 6 nitrogen and oxygen atoms in total. The van der Waals surface area contributed by atoms with Gasteiger partial charge in [0.15, 0.2) is 0 Å². The minimum absolute atomic E-state index is 0.0948. The topological polar surface area (TPSA) is 106 Å². The third-order valence-corrected chi connectivity index (χ3v) is 6.42. The minimum atomic E-state index is -3.90. The van der Waals surface area contributed by atoms with Crippen LogP contribution in [0.1, 0.15) is 5.56 Å². The summed E-state index contributed by atoms with van der Waals surface area (Å²) >= 11 is 6.30. The zero-order valence-corrected chi connectivity index (χ0v) is 16.6. The molecule has 0 saturated carbocycles. The first-order valence-electron chi connectivity index (χ1n) is 6.12. The van der Waals surface area contributed by atoms with E-state index in [1.807, 2.05) is 6.92 Å². The summed E-state index contributed by atoms with van der Waals surface area (Å²) in [5.74, 6) is 0. The first-order chi connectivity index (χ1) is 10.5. The average Bonchev–Trinajstić information content (AvgIpc) is 2.42. The summed E-state index contributed by atoms with van der Waals surface area (Å²) in [7, 11) is -7.72. The predicted molar refractivity (Wildman–Crippen MR) is 95.2 cm³/mol. The van der Waals surface area contributed by atoms with E-state index in [4.69, 9.17) is 5.14 Å².